The number of halogens is 3. The number of aromatic nitrogens is 1. The van der Waals surface area contributed by atoms with Crippen molar-refractivity contribution in [3.05, 3.63) is 68.9 Å². The summed E-state index contributed by atoms with van der Waals surface area (Å²) in [6, 6.07) is 13.8. The number of nitrogens with one attached hydrogen (secondary N) is 1. The molecule has 0 atom stereocenters. The molecule has 0 fully saturated rings. The number of benzene rings is 2. The summed E-state index contributed by atoms with van der Waals surface area (Å²) in [4.78, 5) is 14.8. The fourth-order valence-electron chi connectivity index (χ4n) is 2.21. The lowest BCUT2D eigenvalue weighted by molar-refractivity contribution is 0.0691. The van der Waals surface area contributed by atoms with Crippen molar-refractivity contribution in [2.24, 2.45) is 5.10 Å². The number of hydrogen-bond donors (Lipinski definition) is 2. The van der Waals surface area contributed by atoms with E-state index in [-0.39, 0.29) is 20.9 Å². The number of pyridine rings is 1. The van der Waals surface area contributed by atoms with E-state index in [1.54, 1.807) is 6.21 Å². The average molecular weight is 395 g/mol. The first-order valence-corrected chi connectivity index (χ1v) is 8.16. The summed E-state index contributed by atoms with van der Waals surface area (Å²) in [6.45, 7) is 0. The first-order chi connectivity index (χ1) is 12.0. The van der Waals surface area contributed by atoms with Crippen LogP contribution in [0.5, 0.6) is 0 Å². The third-order valence-electron chi connectivity index (χ3n) is 3.40. The minimum Gasteiger partial charge on any atom is -0.476 e. The molecular formula is C17H10Cl3N3O2. The van der Waals surface area contributed by atoms with Gasteiger partial charge in [0.2, 0.25) is 0 Å². The van der Waals surface area contributed by atoms with E-state index >= 15 is 0 Å². The average Bonchev–Trinajstić information content (AvgIpc) is 2.60. The van der Waals surface area contributed by atoms with Gasteiger partial charge in [0, 0.05) is 0 Å². The van der Waals surface area contributed by atoms with Gasteiger partial charge < -0.3 is 5.11 Å². The summed E-state index contributed by atoms with van der Waals surface area (Å²) in [5.41, 5.74) is 3.15. The van der Waals surface area contributed by atoms with Crippen LogP contribution in [0.15, 0.2) is 47.6 Å². The predicted octanol–water partition coefficient (Wildman–Crippen LogP) is 5.34. The molecule has 3 rings (SSSR count). The second-order valence-corrected chi connectivity index (χ2v) is 6.15. The van der Waals surface area contributed by atoms with E-state index in [0.717, 1.165) is 16.3 Å². The Morgan fingerprint density at radius 3 is 2.52 bits per heavy atom. The second-order valence-electron chi connectivity index (χ2n) is 5.04. The Kier molecular flexibility index (Phi) is 5.08. The van der Waals surface area contributed by atoms with Crippen molar-refractivity contribution >= 4 is 63.4 Å². The monoisotopic (exact) mass is 393 g/mol. The van der Waals surface area contributed by atoms with Gasteiger partial charge in [0.05, 0.1) is 11.9 Å². The molecule has 0 saturated carbocycles. The first-order valence-electron chi connectivity index (χ1n) is 7.03. The fraction of sp³-hybridized carbons (Fsp3) is 0. The summed E-state index contributed by atoms with van der Waals surface area (Å²) in [5, 5.41) is 15.0. The fourth-order valence-corrected chi connectivity index (χ4v) is 2.88. The van der Waals surface area contributed by atoms with Gasteiger partial charge in [-0.1, -0.05) is 71.2 Å². The van der Waals surface area contributed by atoms with Crippen LogP contribution in [-0.2, 0) is 0 Å². The molecule has 0 amide bonds. The zero-order valence-corrected chi connectivity index (χ0v) is 14.8. The molecule has 5 nitrogen and oxygen atoms in total. The normalized spacial score (nSPS) is 11.2. The van der Waals surface area contributed by atoms with Crippen molar-refractivity contribution in [2.45, 2.75) is 0 Å². The molecule has 0 unspecified atom stereocenters. The van der Waals surface area contributed by atoms with Gasteiger partial charge in [-0.3, -0.25) is 5.43 Å². The summed E-state index contributed by atoms with van der Waals surface area (Å²) < 4.78 is 0. The maximum atomic E-state index is 11.1. The highest BCUT2D eigenvalue weighted by Crippen LogP contribution is 2.36. The van der Waals surface area contributed by atoms with Crippen molar-refractivity contribution in [3.63, 3.8) is 0 Å². The van der Waals surface area contributed by atoms with E-state index in [0.29, 0.717) is 0 Å². The van der Waals surface area contributed by atoms with Crippen LogP contribution < -0.4 is 5.43 Å². The lowest BCUT2D eigenvalue weighted by atomic mass is 10.1. The number of nitrogens with zero attached hydrogens (tertiary/aromatic N) is 2. The number of aromatic carboxylic acids is 1. The molecule has 0 saturated heterocycles. The van der Waals surface area contributed by atoms with Crippen LogP contribution in [-0.4, -0.2) is 22.3 Å². The molecule has 2 aromatic carbocycles. The van der Waals surface area contributed by atoms with E-state index in [1.165, 1.54) is 0 Å². The molecule has 3 aromatic rings. The largest absolute Gasteiger partial charge is 0.476 e. The van der Waals surface area contributed by atoms with Crippen LogP contribution in [0.1, 0.15) is 16.1 Å². The van der Waals surface area contributed by atoms with Crippen LogP contribution in [0.2, 0.25) is 15.2 Å². The highest BCUT2D eigenvalue weighted by atomic mass is 35.5. The predicted molar refractivity (Wildman–Crippen MR) is 101 cm³/mol. The second kappa shape index (κ2) is 7.27. The number of hydrazone groups is 1. The van der Waals surface area contributed by atoms with Crippen molar-refractivity contribution in [1.29, 1.82) is 0 Å². The number of anilines is 1. The molecule has 25 heavy (non-hydrogen) atoms. The number of rotatable bonds is 4. The lowest BCUT2D eigenvalue weighted by Crippen LogP contribution is -2.05. The highest BCUT2D eigenvalue weighted by molar-refractivity contribution is 6.46. The number of carboxylic acids is 1. The quantitative estimate of drug-likeness (QED) is 0.356. The molecule has 0 spiro atoms. The number of hydrogen-bond acceptors (Lipinski definition) is 4. The van der Waals surface area contributed by atoms with Crippen molar-refractivity contribution in [1.82, 2.24) is 4.98 Å². The number of fused-ring (bicyclic) bond motifs is 1. The molecule has 1 aromatic heterocycles. The number of carbonyl (C=O) groups is 1. The van der Waals surface area contributed by atoms with Crippen LogP contribution in [0, 0.1) is 0 Å². The topological polar surface area (TPSA) is 74.6 Å². The molecule has 0 aliphatic rings. The summed E-state index contributed by atoms with van der Waals surface area (Å²) in [7, 11) is 0. The Hall–Kier alpha value is -2.34. The SMILES string of the molecule is O=C(O)c1nc(Cl)c(Cl)c(N/N=C\c2ccc3ccccc3c2)c1Cl. The Bertz CT molecular complexity index is 1010. The third-order valence-corrected chi connectivity index (χ3v) is 4.51. The van der Waals surface area contributed by atoms with Gasteiger partial charge in [0.15, 0.2) is 10.8 Å². The Labute approximate surface area is 157 Å². The standard InChI is InChI=1S/C17H10Cl3N3O2/c18-12-14(13(19)16(20)22-15(12)17(24)25)23-21-8-9-5-6-10-3-1-2-4-11(10)7-9/h1-8H,(H,22,23)(H,24,25)/b21-8-. The van der Waals surface area contributed by atoms with E-state index in [4.69, 9.17) is 39.9 Å². The molecule has 0 bridgehead atoms. The van der Waals surface area contributed by atoms with Gasteiger partial charge in [0.1, 0.15) is 10.0 Å². The van der Waals surface area contributed by atoms with Crippen molar-refractivity contribution < 1.29 is 9.90 Å². The van der Waals surface area contributed by atoms with E-state index < -0.39 is 11.7 Å². The zero-order valence-electron chi connectivity index (χ0n) is 12.5. The smallest absolute Gasteiger partial charge is 0.356 e. The highest BCUT2D eigenvalue weighted by Gasteiger charge is 2.20. The van der Waals surface area contributed by atoms with Gasteiger partial charge in [-0.2, -0.15) is 5.10 Å². The Morgan fingerprint density at radius 2 is 1.80 bits per heavy atom. The van der Waals surface area contributed by atoms with Crippen molar-refractivity contribution in [2.75, 3.05) is 5.43 Å². The molecule has 0 aliphatic carbocycles. The zero-order chi connectivity index (χ0) is 18.0. The molecular weight excluding hydrogens is 385 g/mol. The summed E-state index contributed by atoms with van der Waals surface area (Å²) in [6.07, 6.45) is 1.56. The summed E-state index contributed by atoms with van der Waals surface area (Å²) >= 11 is 17.9. The Balaban J connectivity index is 1.89. The van der Waals surface area contributed by atoms with E-state index in [1.807, 2.05) is 42.5 Å². The van der Waals surface area contributed by atoms with Gasteiger partial charge >= 0.3 is 5.97 Å². The first kappa shape index (κ1) is 17.5. The minimum absolute atomic E-state index is 0.00710. The molecule has 2 N–H and O–H groups in total. The van der Waals surface area contributed by atoms with E-state index in [9.17, 15) is 4.79 Å². The van der Waals surface area contributed by atoms with Crippen LogP contribution >= 0.6 is 34.8 Å². The minimum atomic E-state index is -1.31. The lowest BCUT2D eigenvalue weighted by Gasteiger charge is -2.09. The molecule has 126 valence electrons. The Morgan fingerprint density at radius 1 is 1.08 bits per heavy atom. The molecule has 1 heterocycles. The summed E-state index contributed by atoms with van der Waals surface area (Å²) in [5.74, 6) is -1.31. The van der Waals surface area contributed by atoms with Gasteiger partial charge in [-0.15, -0.1) is 0 Å². The van der Waals surface area contributed by atoms with E-state index in [2.05, 4.69) is 15.5 Å². The van der Waals surface area contributed by atoms with Crippen molar-refractivity contribution in [3.8, 4) is 0 Å². The third kappa shape index (κ3) is 3.69. The molecule has 8 heteroatoms. The maximum Gasteiger partial charge on any atom is 0.356 e. The van der Waals surface area contributed by atoms with Crippen LogP contribution in [0.3, 0.4) is 0 Å². The van der Waals surface area contributed by atoms with Gasteiger partial charge in [0.25, 0.3) is 0 Å². The van der Waals surface area contributed by atoms with Crippen LogP contribution in [0.4, 0.5) is 5.69 Å². The number of carboxylic acid groups (broad SMARTS) is 1. The maximum absolute atomic E-state index is 11.1. The molecule has 0 aliphatic heterocycles. The van der Waals surface area contributed by atoms with Crippen LogP contribution in [0.25, 0.3) is 10.8 Å². The van der Waals surface area contributed by atoms with Gasteiger partial charge in [-0.25, -0.2) is 9.78 Å². The van der Waals surface area contributed by atoms with Gasteiger partial charge in [-0.05, 0) is 22.4 Å². The molecule has 0 radical (unpaired) electrons.